The van der Waals surface area contributed by atoms with E-state index < -0.39 is 157 Å². The van der Waals surface area contributed by atoms with Crippen molar-refractivity contribution in [2.45, 2.75) is 207 Å². The number of carboxylic acids is 2. The number of thiol groups is 1. The maximum atomic E-state index is 14.5. The van der Waals surface area contributed by atoms with Crippen LogP contribution in [0.3, 0.4) is 0 Å². The zero-order valence-corrected chi connectivity index (χ0v) is 54.2. The Morgan fingerprint density at radius 2 is 0.889 bits per heavy atom. The van der Waals surface area contributed by atoms with Gasteiger partial charge in [0, 0.05) is 43.5 Å². The van der Waals surface area contributed by atoms with Gasteiger partial charge in [0.15, 0.2) is 5.96 Å². The largest absolute Gasteiger partial charge is 0.481 e. The summed E-state index contributed by atoms with van der Waals surface area (Å²) in [4.78, 5) is 185. The van der Waals surface area contributed by atoms with Gasteiger partial charge in [0.05, 0.1) is 18.9 Å². The molecule has 0 aromatic carbocycles. The number of amides is 11. The molecule has 0 aliphatic heterocycles. The van der Waals surface area contributed by atoms with Crippen molar-refractivity contribution in [3.63, 3.8) is 0 Å². The Morgan fingerprint density at radius 1 is 0.500 bits per heavy atom. The average Bonchev–Trinajstić information content (AvgIpc) is 1.72. The van der Waals surface area contributed by atoms with E-state index in [1.807, 2.05) is 13.8 Å². The Hall–Kier alpha value is -8.10. The van der Waals surface area contributed by atoms with Crippen LogP contribution in [-0.2, 0) is 68.7 Å². The van der Waals surface area contributed by atoms with Crippen molar-refractivity contribution in [1.82, 2.24) is 63.1 Å². The smallest absolute Gasteiger partial charge is 0.326 e. The second-order valence-electron chi connectivity index (χ2n) is 24.3. The molecule has 1 heterocycles. The van der Waals surface area contributed by atoms with E-state index >= 15 is 0 Å². The van der Waals surface area contributed by atoms with Crippen molar-refractivity contribution in [3.8, 4) is 0 Å². The first-order valence-corrected chi connectivity index (χ1v) is 30.8. The predicted molar refractivity (Wildman–Crippen MR) is 335 cm³/mol. The Balaban J connectivity index is 3.57. The van der Waals surface area contributed by atoms with Crippen LogP contribution in [0.15, 0.2) is 17.5 Å². The number of imidazole rings is 1. The number of aromatic amines is 1. The summed E-state index contributed by atoms with van der Waals surface area (Å²) in [6.07, 6.45) is 1.07. The van der Waals surface area contributed by atoms with Crippen LogP contribution in [-0.4, -0.2) is 182 Å². The van der Waals surface area contributed by atoms with Gasteiger partial charge in [-0.2, -0.15) is 12.6 Å². The van der Waals surface area contributed by atoms with Crippen LogP contribution in [0, 0.1) is 29.6 Å². The number of aromatic nitrogens is 2. The number of hydrogen-bond donors (Lipinski definition) is 18. The number of rotatable bonds is 44. The molecule has 21 N–H and O–H groups in total. The summed E-state index contributed by atoms with van der Waals surface area (Å²) in [6.45, 7) is 17.1. The number of carbonyl (C=O) groups is 13. The highest BCUT2D eigenvalue weighted by atomic mass is 32.1. The maximum Gasteiger partial charge on any atom is 0.326 e. The molecular formula is C57H99N17O15S. The molecule has 0 saturated heterocycles. The van der Waals surface area contributed by atoms with Crippen LogP contribution < -0.4 is 76.1 Å². The number of H-pyrrole nitrogens is 1. The summed E-state index contributed by atoms with van der Waals surface area (Å²) >= 11 is 4.18. The van der Waals surface area contributed by atoms with Gasteiger partial charge < -0.3 is 91.3 Å². The van der Waals surface area contributed by atoms with Crippen LogP contribution >= 0.6 is 12.6 Å². The van der Waals surface area contributed by atoms with Gasteiger partial charge in [-0.3, -0.25) is 62.5 Å². The average molecular weight is 1290 g/mol. The fourth-order valence-corrected chi connectivity index (χ4v) is 9.28. The summed E-state index contributed by atoms with van der Waals surface area (Å²) in [7, 11) is 0. The van der Waals surface area contributed by atoms with E-state index in [0.717, 1.165) is 0 Å². The number of aliphatic carboxylic acids is 2. The number of primary amides is 1. The number of carbonyl (C=O) groups excluding carboxylic acids is 11. The third-order valence-electron chi connectivity index (χ3n) is 13.4. The van der Waals surface area contributed by atoms with Crippen molar-refractivity contribution in [1.29, 1.82) is 0 Å². The van der Waals surface area contributed by atoms with Gasteiger partial charge in [-0.25, -0.2) is 9.78 Å². The molecule has 0 saturated carbocycles. The molecule has 0 fully saturated rings. The molecule has 0 spiro atoms. The van der Waals surface area contributed by atoms with E-state index in [4.69, 9.17) is 22.9 Å². The van der Waals surface area contributed by atoms with Gasteiger partial charge in [0.2, 0.25) is 65.0 Å². The lowest BCUT2D eigenvalue weighted by molar-refractivity contribution is -0.143. The number of carboxylic acid groups (broad SMARTS) is 2. The first-order chi connectivity index (χ1) is 42.0. The minimum absolute atomic E-state index is 0.0246. The zero-order chi connectivity index (χ0) is 68.5. The summed E-state index contributed by atoms with van der Waals surface area (Å²) in [5.74, 6) is -13.6. The lowest BCUT2D eigenvalue weighted by Crippen LogP contribution is -2.61. The first kappa shape index (κ1) is 79.9. The number of aliphatic imine (C=N–C) groups is 1. The summed E-state index contributed by atoms with van der Waals surface area (Å²) < 4.78 is 0. The molecule has 0 aliphatic rings. The van der Waals surface area contributed by atoms with Crippen LogP contribution in [0.4, 0.5) is 0 Å². The molecule has 33 heteroatoms. The minimum Gasteiger partial charge on any atom is -0.481 e. The quantitative estimate of drug-likeness (QED) is 0.0136. The molecule has 10 atom stereocenters. The topological polar surface area (TPSA) is 528 Å². The van der Waals surface area contributed by atoms with Gasteiger partial charge in [-0.05, 0) is 87.4 Å². The van der Waals surface area contributed by atoms with Gasteiger partial charge >= 0.3 is 11.9 Å². The molecular weight excluding hydrogens is 1190 g/mol. The summed E-state index contributed by atoms with van der Waals surface area (Å²) in [5.41, 5.74) is 22.9. The van der Waals surface area contributed by atoms with Crippen molar-refractivity contribution < 1.29 is 72.5 Å². The van der Waals surface area contributed by atoms with Crippen LogP contribution in [0.5, 0.6) is 0 Å². The number of nitrogens with one attached hydrogen (secondary N) is 11. The lowest BCUT2D eigenvalue weighted by atomic mass is 9.99. The molecule has 0 radical (unpaired) electrons. The Kier molecular flexibility index (Phi) is 36.6. The van der Waals surface area contributed by atoms with Gasteiger partial charge in [-0.15, -0.1) is 0 Å². The normalized spacial score (nSPS) is 14.6. The van der Waals surface area contributed by atoms with E-state index in [0.29, 0.717) is 5.69 Å². The first-order valence-electron chi connectivity index (χ1n) is 30.1. The Labute approximate surface area is 530 Å². The molecule has 0 aliphatic carbocycles. The van der Waals surface area contributed by atoms with Crippen molar-refractivity contribution in [2.24, 2.45) is 57.5 Å². The molecule has 0 bridgehead atoms. The number of guanidine groups is 1. The second-order valence-corrected chi connectivity index (χ2v) is 24.6. The fourth-order valence-electron chi connectivity index (χ4n) is 9.02. The molecule has 1 aromatic rings. The molecule has 508 valence electrons. The second kappa shape index (κ2) is 41.2. The molecule has 11 amide bonds. The summed E-state index contributed by atoms with van der Waals surface area (Å²) in [6, 6.07) is -13.7. The van der Waals surface area contributed by atoms with Crippen LogP contribution in [0.2, 0.25) is 0 Å². The number of nitrogens with two attached hydrogens (primary N) is 4. The Bertz CT molecular complexity index is 2580. The van der Waals surface area contributed by atoms with E-state index in [1.54, 1.807) is 55.4 Å². The number of nitrogens with zero attached hydrogens (tertiary/aromatic N) is 2. The lowest BCUT2D eigenvalue weighted by Gasteiger charge is -2.29. The molecule has 32 nitrogen and oxygen atoms in total. The molecule has 1 rings (SSSR count). The van der Waals surface area contributed by atoms with Crippen LogP contribution in [0.25, 0.3) is 0 Å². The zero-order valence-electron chi connectivity index (χ0n) is 53.3. The highest BCUT2D eigenvalue weighted by Crippen LogP contribution is 2.14. The third kappa shape index (κ3) is 32.9. The SMILES string of the molecule is CC(C)C[C@H](NC(=O)[C@H](CC(C)C)NC(=O)CNC(=O)[C@H](CS)NC(=O)[C@H](CCC(=O)O)NC(=O)[C@H](CCCN=C(N)N)NC(=O)[C@H](CC(C)C)NC(=O)[C@H](Cc1cnc[nH]1)NC(=O)[C@H](CC(C)C)NC(=O)[C@H](CCC(N)=O)NC(=O)[C@@H](N)CC(C)C)C(=O)O. The standard InChI is InChI=1S/C57H99N17O15S/c1-28(2)18-34(58)47(79)67-36(13-15-44(59)75)50(82)70-40(21-31(7)8)54(86)72-41(23-33-24-62-27-65-33)55(87)71-39(20-30(5)6)53(85)68-35(12-11-17-63-57(60)61)49(81)69-37(14-16-46(77)78)51(83)74-43(26-90)48(80)64-25-45(76)66-38(19-29(3)4)52(84)73-42(56(88)89)22-32(9)10/h24,27-32,34-43,90H,11-23,25-26,58H2,1-10H3,(H2,59,75)(H,62,65)(H,64,80)(H,66,76)(H,67,79)(H,68,85)(H,69,81)(H,70,82)(H,71,87)(H,72,86)(H,73,84)(H,74,83)(H,77,78)(H,88,89)(H4,60,61,63)/t34-,35-,36-,37-,38-,39-,40-,41-,42-,43-/m0/s1. The van der Waals surface area contributed by atoms with E-state index in [1.165, 1.54) is 12.5 Å². The molecule has 90 heavy (non-hydrogen) atoms. The Morgan fingerprint density at radius 3 is 1.31 bits per heavy atom. The third-order valence-corrected chi connectivity index (χ3v) is 13.8. The number of hydrogen-bond acceptors (Lipinski definition) is 17. The maximum absolute atomic E-state index is 14.5. The van der Waals surface area contributed by atoms with Crippen LogP contribution in [0.1, 0.15) is 146 Å². The fraction of sp³-hybridized carbons (Fsp3) is 0.702. The summed E-state index contributed by atoms with van der Waals surface area (Å²) in [5, 5.41) is 44.6. The highest BCUT2D eigenvalue weighted by Gasteiger charge is 2.36. The van der Waals surface area contributed by atoms with Gasteiger partial charge in [0.1, 0.15) is 54.4 Å². The van der Waals surface area contributed by atoms with Gasteiger partial charge in [-0.1, -0.05) is 69.2 Å². The van der Waals surface area contributed by atoms with Gasteiger partial charge in [0.25, 0.3) is 0 Å². The van der Waals surface area contributed by atoms with Crippen molar-refractivity contribution in [2.75, 3.05) is 18.8 Å². The van der Waals surface area contributed by atoms with E-state index in [2.05, 4.69) is 80.8 Å². The minimum atomic E-state index is -1.68. The predicted octanol–water partition coefficient (Wildman–Crippen LogP) is -2.81. The molecule has 0 unspecified atom stereocenters. The highest BCUT2D eigenvalue weighted by molar-refractivity contribution is 7.80. The molecule has 1 aromatic heterocycles. The van der Waals surface area contributed by atoms with E-state index in [-0.39, 0.29) is 112 Å². The monoisotopic (exact) mass is 1290 g/mol. The van der Waals surface area contributed by atoms with Crippen molar-refractivity contribution >= 4 is 95.5 Å². The van der Waals surface area contributed by atoms with Crippen molar-refractivity contribution in [3.05, 3.63) is 18.2 Å². The van der Waals surface area contributed by atoms with E-state index in [9.17, 15) is 72.5 Å².